The molecule has 2 aliphatic heterocycles. The molecule has 0 radical (unpaired) electrons. The van der Waals surface area contributed by atoms with Crippen LogP contribution in [0, 0.1) is 0 Å². The van der Waals surface area contributed by atoms with Crippen LogP contribution in [0.5, 0.6) is 0 Å². The average molecular weight is 430 g/mol. The van der Waals surface area contributed by atoms with Crippen molar-refractivity contribution in [2.24, 2.45) is 0 Å². The molecule has 0 amide bonds. The van der Waals surface area contributed by atoms with Gasteiger partial charge in [-0.3, -0.25) is 14.6 Å². The summed E-state index contributed by atoms with van der Waals surface area (Å²) >= 11 is 0. The summed E-state index contributed by atoms with van der Waals surface area (Å²) < 4.78 is 7.39. The van der Waals surface area contributed by atoms with Crippen LogP contribution in [0.1, 0.15) is 5.56 Å². The van der Waals surface area contributed by atoms with E-state index < -0.39 is 0 Å². The van der Waals surface area contributed by atoms with Crippen molar-refractivity contribution in [3.8, 4) is 22.5 Å². The fourth-order valence-corrected chi connectivity index (χ4v) is 3.82. The van der Waals surface area contributed by atoms with Gasteiger partial charge in [-0.25, -0.2) is 9.97 Å². The van der Waals surface area contributed by atoms with Gasteiger partial charge in [0.2, 0.25) is 0 Å². The number of hydrogen-bond donors (Lipinski definition) is 1. The quantitative estimate of drug-likeness (QED) is 0.619. The Bertz CT molecular complexity index is 1080. The van der Waals surface area contributed by atoms with Gasteiger partial charge < -0.3 is 10.2 Å². The van der Waals surface area contributed by atoms with E-state index in [1.54, 1.807) is 0 Å². The topological polar surface area (TPSA) is 71.3 Å². The normalized spacial score (nSPS) is 16.3. The van der Waals surface area contributed by atoms with Crippen molar-refractivity contribution in [3.63, 3.8) is 0 Å². The predicted octanol–water partition coefficient (Wildman–Crippen LogP) is 2.69. The van der Waals surface area contributed by atoms with Gasteiger partial charge in [0.05, 0.1) is 32.5 Å². The van der Waals surface area contributed by atoms with Crippen LogP contribution >= 0.6 is 0 Å². The van der Waals surface area contributed by atoms with E-state index in [0.29, 0.717) is 0 Å². The number of hydrogen-bond acceptors (Lipinski definition) is 7. The number of aromatic nitrogens is 4. The van der Waals surface area contributed by atoms with E-state index in [2.05, 4.69) is 43.7 Å². The smallest absolute Gasteiger partial charge is 0.159 e. The van der Waals surface area contributed by atoms with Crippen molar-refractivity contribution in [1.29, 1.82) is 0 Å². The van der Waals surface area contributed by atoms with Crippen molar-refractivity contribution >= 4 is 0 Å². The zero-order valence-electron chi connectivity index (χ0n) is 18.0. The van der Waals surface area contributed by atoms with Gasteiger partial charge in [-0.05, 0) is 23.8 Å². The summed E-state index contributed by atoms with van der Waals surface area (Å²) in [5, 5.41) is 6.53. The minimum atomic E-state index is 0.720. The Labute approximate surface area is 187 Å². The van der Waals surface area contributed by atoms with Gasteiger partial charge >= 0.3 is 0 Å². The van der Waals surface area contributed by atoms with E-state index in [-0.39, 0.29) is 0 Å². The summed E-state index contributed by atoms with van der Waals surface area (Å²) in [6.45, 7) is 6.23. The maximum Gasteiger partial charge on any atom is 0.159 e. The van der Waals surface area contributed by atoms with Gasteiger partial charge in [-0.1, -0.05) is 18.2 Å². The number of morpholine rings is 1. The molecule has 2 aliphatic rings. The molecule has 0 saturated carbocycles. The molecule has 2 aromatic heterocycles. The second-order valence-electron chi connectivity index (χ2n) is 7.90. The Morgan fingerprint density at radius 2 is 1.81 bits per heavy atom. The molecule has 32 heavy (non-hydrogen) atoms. The lowest BCUT2D eigenvalue weighted by Gasteiger charge is -2.26. The maximum atomic E-state index is 5.41. The number of nitrogens with zero attached hydrogens (tertiary/aromatic N) is 6. The van der Waals surface area contributed by atoms with Crippen LogP contribution in [0.2, 0.25) is 0 Å². The minimum Gasteiger partial charge on any atom is -0.379 e. The highest BCUT2D eigenvalue weighted by atomic mass is 16.5. The zero-order valence-corrected chi connectivity index (χ0v) is 18.0. The summed E-state index contributed by atoms with van der Waals surface area (Å²) in [4.78, 5) is 11.6. The summed E-state index contributed by atoms with van der Waals surface area (Å²) in [5.74, 6) is 0.720. The van der Waals surface area contributed by atoms with Crippen LogP contribution in [-0.2, 0) is 17.8 Å². The highest BCUT2D eigenvalue weighted by Gasteiger charge is 2.11. The van der Waals surface area contributed by atoms with E-state index >= 15 is 0 Å². The number of hydrazine groups is 1. The molecular formula is C24H27N7O. The molecule has 8 heteroatoms. The Morgan fingerprint density at radius 1 is 0.938 bits per heavy atom. The Kier molecular flexibility index (Phi) is 6.23. The van der Waals surface area contributed by atoms with Crippen LogP contribution < -0.4 is 5.43 Å². The average Bonchev–Trinajstić information content (AvgIpc) is 3.34. The van der Waals surface area contributed by atoms with Gasteiger partial charge in [0.25, 0.3) is 0 Å². The molecule has 1 N–H and O–H groups in total. The molecule has 1 fully saturated rings. The first kappa shape index (κ1) is 20.4. The van der Waals surface area contributed by atoms with Gasteiger partial charge in [0.15, 0.2) is 5.82 Å². The van der Waals surface area contributed by atoms with Gasteiger partial charge in [0.1, 0.15) is 0 Å². The second kappa shape index (κ2) is 9.76. The van der Waals surface area contributed by atoms with Gasteiger partial charge in [-0.2, -0.15) is 5.10 Å². The third-order valence-electron chi connectivity index (χ3n) is 5.62. The minimum absolute atomic E-state index is 0.720. The first-order valence-electron chi connectivity index (χ1n) is 10.9. The zero-order chi connectivity index (χ0) is 21.6. The maximum absolute atomic E-state index is 5.41. The highest BCUT2D eigenvalue weighted by molar-refractivity contribution is 5.62. The molecule has 5 rings (SSSR count). The fraction of sp³-hybridized carbons (Fsp3) is 0.292. The molecule has 1 aromatic carbocycles. The third-order valence-corrected chi connectivity index (χ3v) is 5.62. The number of rotatable bonds is 7. The third kappa shape index (κ3) is 5.04. The Balaban J connectivity index is 1.22. The summed E-state index contributed by atoms with van der Waals surface area (Å²) in [6.07, 6.45) is 15.6. The van der Waals surface area contributed by atoms with Crippen LogP contribution in [0.3, 0.4) is 0 Å². The standard InChI is InChI=1S/C24H27N7O/c1-2-7-30(27-6-1)18-20-4-3-5-21(14-20)24-25-15-22(16-26-24)23-17-28-31(19-23)9-8-29-10-12-32-13-11-29/h1-7,14-17,19,27H,8-13,18H2. The number of allylic oxidation sites excluding steroid dienone is 2. The van der Waals surface area contributed by atoms with Crippen LogP contribution in [0.4, 0.5) is 0 Å². The lowest BCUT2D eigenvalue weighted by molar-refractivity contribution is 0.0360. The molecule has 8 nitrogen and oxygen atoms in total. The van der Waals surface area contributed by atoms with Gasteiger partial charge in [-0.15, -0.1) is 0 Å². The second-order valence-corrected chi connectivity index (χ2v) is 7.90. The van der Waals surface area contributed by atoms with E-state index in [9.17, 15) is 0 Å². The van der Waals surface area contributed by atoms with E-state index in [1.807, 2.05) is 65.0 Å². The molecule has 0 unspecified atom stereocenters. The van der Waals surface area contributed by atoms with E-state index in [0.717, 1.165) is 68.5 Å². The number of nitrogens with one attached hydrogen (secondary N) is 1. The Hall–Kier alpha value is -3.49. The Morgan fingerprint density at radius 3 is 2.62 bits per heavy atom. The monoisotopic (exact) mass is 429 g/mol. The summed E-state index contributed by atoms with van der Waals surface area (Å²) in [6, 6.07) is 8.33. The van der Waals surface area contributed by atoms with Crippen LogP contribution in [0.25, 0.3) is 22.5 Å². The van der Waals surface area contributed by atoms with Crippen molar-refractivity contribution < 1.29 is 4.74 Å². The number of ether oxygens (including phenoxy) is 1. The summed E-state index contributed by atoms with van der Waals surface area (Å²) in [5.41, 5.74) is 7.39. The summed E-state index contributed by atoms with van der Waals surface area (Å²) in [7, 11) is 0. The first-order valence-corrected chi connectivity index (χ1v) is 10.9. The lowest BCUT2D eigenvalue weighted by atomic mass is 10.1. The molecule has 0 aliphatic carbocycles. The van der Waals surface area contributed by atoms with Crippen molar-refractivity contribution in [3.05, 3.63) is 79.2 Å². The highest BCUT2D eigenvalue weighted by Crippen LogP contribution is 2.21. The molecule has 0 bridgehead atoms. The molecule has 0 spiro atoms. The number of benzene rings is 1. The van der Waals surface area contributed by atoms with Crippen LogP contribution in [0.15, 0.2) is 73.6 Å². The van der Waals surface area contributed by atoms with Crippen LogP contribution in [-0.4, -0.2) is 62.5 Å². The molecule has 0 atom stereocenters. The van der Waals surface area contributed by atoms with Gasteiger partial charge in [0, 0.05) is 67.3 Å². The molecule has 1 saturated heterocycles. The first-order chi connectivity index (χ1) is 15.8. The molecular weight excluding hydrogens is 402 g/mol. The predicted molar refractivity (Wildman–Crippen MR) is 123 cm³/mol. The largest absolute Gasteiger partial charge is 0.379 e. The lowest BCUT2D eigenvalue weighted by Crippen LogP contribution is -2.38. The molecule has 3 aromatic rings. The van der Waals surface area contributed by atoms with Crippen molar-refractivity contribution in [2.45, 2.75) is 13.1 Å². The molecule has 4 heterocycles. The van der Waals surface area contributed by atoms with E-state index in [4.69, 9.17) is 4.74 Å². The molecule has 164 valence electrons. The van der Waals surface area contributed by atoms with Crippen molar-refractivity contribution in [1.82, 2.24) is 35.1 Å². The fourth-order valence-electron chi connectivity index (χ4n) is 3.82. The van der Waals surface area contributed by atoms with Crippen molar-refractivity contribution in [2.75, 3.05) is 32.8 Å². The SMILES string of the molecule is C1=CNN(Cc2cccc(-c3ncc(-c4cnn(CCN5CCOCC5)c4)cn3)c2)C=C1. The van der Waals surface area contributed by atoms with E-state index in [1.165, 1.54) is 5.56 Å².